The number of halogens is 3. The Morgan fingerprint density at radius 2 is 1.83 bits per heavy atom. The van der Waals surface area contributed by atoms with Gasteiger partial charge < -0.3 is 10.4 Å². The summed E-state index contributed by atoms with van der Waals surface area (Å²) in [6.45, 7) is 0. The zero-order valence-corrected chi connectivity index (χ0v) is 11.6. The van der Waals surface area contributed by atoms with E-state index in [2.05, 4.69) is 10.3 Å². The number of nitrogens with one attached hydrogen (secondary N) is 1. The number of carbonyl (C=O) groups is 2. The molecule has 2 N–H and O–H groups in total. The van der Waals surface area contributed by atoms with Crippen LogP contribution in [0.15, 0.2) is 42.6 Å². The number of hydrogen-bond acceptors (Lipinski definition) is 3. The molecule has 0 saturated heterocycles. The summed E-state index contributed by atoms with van der Waals surface area (Å²) in [5.74, 6) is -1.72. The van der Waals surface area contributed by atoms with Crippen LogP contribution in [0.25, 0.3) is 0 Å². The molecule has 23 heavy (non-hydrogen) atoms. The van der Waals surface area contributed by atoms with Crippen LogP contribution in [0.1, 0.15) is 21.6 Å². The van der Waals surface area contributed by atoms with Crippen LogP contribution in [-0.2, 0) is 17.4 Å². The number of alkyl halides is 3. The molecule has 0 fully saturated rings. The number of carboxylic acids is 1. The van der Waals surface area contributed by atoms with Gasteiger partial charge in [0.2, 0.25) is 5.91 Å². The summed E-state index contributed by atoms with van der Waals surface area (Å²) in [6.07, 6.45) is -3.88. The Labute approximate surface area is 128 Å². The van der Waals surface area contributed by atoms with Crippen molar-refractivity contribution < 1.29 is 27.9 Å². The highest BCUT2D eigenvalue weighted by atomic mass is 19.4. The van der Waals surface area contributed by atoms with Gasteiger partial charge in [-0.05, 0) is 23.8 Å². The molecule has 0 radical (unpaired) electrons. The van der Waals surface area contributed by atoms with Gasteiger partial charge in [0.1, 0.15) is 5.69 Å². The fourth-order valence-electron chi connectivity index (χ4n) is 1.90. The molecule has 0 spiro atoms. The minimum absolute atomic E-state index is 0.00630. The fourth-order valence-corrected chi connectivity index (χ4v) is 1.90. The minimum atomic E-state index is -4.55. The van der Waals surface area contributed by atoms with Crippen LogP contribution >= 0.6 is 0 Å². The normalized spacial score (nSPS) is 11.1. The number of hydrogen-bond donors (Lipinski definition) is 2. The van der Waals surface area contributed by atoms with Crippen molar-refractivity contribution in [2.24, 2.45) is 0 Å². The van der Waals surface area contributed by atoms with Gasteiger partial charge in [-0.2, -0.15) is 13.2 Å². The summed E-state index contributed by atoms with van der Waals surface area (Å²) in [7, 11) is 0. The van der Waals surface area contributed by atoms with Gasteiger partial charge in [0.05, 0.1) is 23.9 Å². The van der Waals surface area contributed by atoms with Crippen LogP contribution in [0.4, 0.5) is 18.9 Å². The molecule has 0 atom stereocenters. The first kappa shape index (κ1) is 16.5. The van der Waals surface area contributed by atoms with Gasteiger partial charge in [-0.1, -0.05) is 18.2 Å². The van der Waals surface area contributed by atoms with E-state index in [0.29, 0.717) is 5.56 Å². The Kier molecular flexibility index (Phi) is 4.63. The number of anilines is 1. The number of carboxylic acid groups (broad SMARTS) is 1. The van der Waals surface area contributed by atoms with Crippen molar-refractivity contribution in [2.75, 3.05) is 5.32 Å². The molecule has 8 heteroatoms. The maximum Gasteiger partial charge on any atom is 0.433 e. The zero-order chi connectivity index (χ0) is 17.0. The summed E-state index contributed by atoms with van der Waals surface area (Å²) in [6, 6.07) is 7.82. The van der Waals surface area contributed by atoms with Gasteiger partial charge in [0, 0.05) is 0 Å². The molecule has 0 unspecified atom stereocenters. The lowest BCUT2D eigenvalue weighted by molar-refractivity contribution is -0.141. The summed E-state index contributed by atoms with van der Waals surface area (Å²) >= 11 is 0. The zero-order valence-electron chi connectivity index (χ0n) is 11.6. The second-order valence-electron chi connectivity index (χ2n) is 4.62. The van der Waals surface area contributed by atoms with Gasteiger partial charge in [-0.3, -0.25) is 4.79 Å². The molecule has 0 aliphatic carbocycles. The van der Waals surface area contributed by atoms with E-state index in [0.717, 1.165) is 18.3 Å². The van der Waals surface area contributed by atoms with E-state index in [9.17, 15) is 22.8 Å². The number of carbonyl (C=O) groups excluding carboxylic acids is 1. The van der Waals surface area contributed by atoms with Crippen LogP contribution in [0.2, 0.25) is 0 Å². The van der Waals surface area contributed by atoms with Crippen molar-refractivity contribution in [2.45, 2.75) is 12.6 Å². The number of nitrogens with zero attached hydrogens (tertiary/aromatic N) is 1. The monoisotopic (exact) mass is 324 g/mol. The molecule has 2 aromatic rings. The first-order valence-corrected chi connectivity index (χ1v) is 6.41. The van der Waals surface area contributed by atoms with Crippen molar-refractivity contribution in [1.29, 1.82) is 0 Å². The predicted octanol–water partition coefficient (Wildman–Crippen LogP) is 2.98. The molecule has 1 aromatic carbocycles. The van der Waals surface area contributed by atoms with Crippen molar-refractivity contribution in [3.05, 3.63) is 59.4 Å². The molecule has 0 bridgehead atoms. The third-order valence-corrected chi connectivity index (χ3v) is 2.94. The first-order valence-electron chi connectivity index (χ1n) is 6.41. The van der Waals surface area contributed by atoms with Crippen molar-refractivity contribution in [1.82, 2.24) is 4.98 Å². The van der Waals surface area contributed by atoms with Gasteiger partial charge in [0.25, 0.3) is 0 Å². The highest BCUT2D eigenvalue weighted by Crippen LogP contribution is 2.27. The lowest BCUT2D eigenvalue weighted by atomic mass is 10.0. The van der Waals surface area contributed by atoms with Gasteiger partial charge in [0.15, 0.2) is 0 Å². The summed E-state index contributed by atoms with van der Waals surface area (Å²) in [5, 5.41) is 11.4. The average molecular weight is 324 g/mol. The van der Waals surface area contributed by atoms with E-state index in [1.807, 2.05) is 0 Å². The first-order chi connectivity index (χ1) is 10.8. The highest BCUT2D eigenvalue weighted by molar-refractivity contribution is 5.95. The Hall–Kier alpha value is -2.90. The second-order valence-corrected chi connectivity index (χ2v) is 4.62. The van der Waals surface area contributed by atoms with Crippen LogP contribution in [0, 0.1) is 0 Å². The van der Waals surface area contributed by atoms with Crippen LogP contribution in [-0.4, -0.2) is 22.0 Å². The Bertz CT molecular complexity index is 727. The van der Waals surface area contributed by atoms with E-state index in [1.54, 1.807) is 6.07 Å². The largest absolute Gasteiger partial charge is 0.478 e. The average Bonchev–Trinajstić information content (AvgIpc) is 2.47. The molecule has 1 heterocycles. The summed E-state index contributed by atoms with van der Waals surface area (Å²) in [5.41, 5.74) is -0.673. The number of aromatic nitrogens is 1. The maximum absolute atomic E-state index is 12.4. The van der Waals surface area contributed by atoms with Gasteiger partial charge in [-0.15, -0.1) is 0 Å². The molecule has 1 aromatic heterocycles. The van der Waals surface area contributed by atoms with E-state index in [1.165, 1.54) is 18.2 Å². The lowest BCUT2D eigenvalue weighted by Crippen LogP contribution is -2.17. The SMILES string of the molecule is O=C(Cc1ccccc1C(=O)O)Nc1ccc(C(F)(F)F)nc1. The van der Waals surface area contributed by atoms with Crippen molar-refractivity contribution in [3.8, 4) is 0 Å². The maximum atomic E-state index is 12.4. The molecule has 5 nitrogen and oxygen atoms in total. The third kappa shape index (κ3) is 4.29. The lowest BCUT2D eigenvalue weighted by Gasteiger charge is -2.09. The van der Waals surface area contributed by atoms with Crippen molar-refractivity contribution in [3.63, 3.8) is 0 Å². The highest BCUT2D eigenvalue weighted by Gasteiger charge is 2.32. The van der Waals surface area contributed by atoms with Crippen LogP contribution in [0.3, 0.4) is 0 Å². The van der Waals surface area contributed by atoms with E-state index >= 15 is 0 Å². The fraction of sp³-hybridized carbons (Fsp3) is 0.133. The molecular weight excluding hydrogens is 313 g/mol. The number of pyridine rings is 1. The topological polar surface area (TPSA) is 79.3 Å². The summed E-state index contributed by atoms with van der Waals surface area (Å²) in [4.78, 5) is 26.2. The van der Waals surface area contributed by atoms with E-state index in [4.69, 9.17) is 5.11 Å². The molecule has 0 saturated carbocycles. The Balaban J connectivity index is 2.07. The van der Waals surface area contributed by atoms with Crippen LogP contribution in [0.5, 0.6) is 0 Å². The molecule has 0 aliphatic rings. The smallest absolute Gasteiger partial charge is 0.433 e. The van der Waals surface area contributed by atoms with E-state index in [-0.39, 0.29) is 17.7 Å². The number of rotatable bonds is 4. The number of amides is 1. The van der Waals surface area contributed by atoms with Gasteiger partial charge in [-0.25, -0.2) is 9.78 Å². The standard InChI is InChI=1S/C15H11F3N2O3/c16-15(17,18)12-6-5-10(8-19-12)20-13(21)7-9-3-1-2-4-11(9)14(22)23/h1-6,8H,7H2,(H,20,21)(H,22,23). The molecule has 1 amide bonds. The molecule has 120 valence electrons. The van der Waals surface area contributed by atoms with Crippen molar-refractivity contribution >= 4 is 17.6 Å². The van der Waals surface area contributed by atoms with Gasteiger partial charge >= 0.3 is 12.1 Å². The molecule has 0 aliphatic heterocycles. The predicted molar refractivity (Wildman–Crippen MR) is 75.0 cm³/mol. The minimum Gasteiger partial charge on any atom is -0.478 e. The summed E-state index contributed by atoms with van der Waals surface area (Å²) < 4.78 is 37.2. The number of benzene rings is 1. The molecule has 2 rings (SSSR count). The Morgan fingerprint density at radius 3 is 2.39 bits per heavy atom. The third-order valence-electron chi connectivity index (χ3n) is 2.94. The quantitative estimate of drug-likeness (QED) is 0.906. The molecular formula is C15H11F3N2O3. The second kappa shape index (κ2) is 6.47. The van der Waals surface area contributed by atoms with Crippen LogP contribution < -0.4 is 5.32 Å². The Morgan fingerprint density at radius 1 is 1.13 bits per heavy atom. The number of aromatic carboxylic acids is 1. The van der Waals surface area contributed by atoms with E-state index < -0.39 is 23.7 Å².